The summed E-state index contributed by atoms with van der Waals surface area (Å²) in [5.41, 5.74) is 3.89. The number of likely N-dealkylation sites (tertiary alicyclic amines) is 1. The molecule has 5 nitrogen and oxygen atoms in total. The Morgan fingerprint density at radius 1 is 1.17 bits per heavy atom. The van der Waals surface area contributed by atoms with Crippen LogP contribution >= 0.6 is 0 Å². The molecule has 3 atom stereocenters. The quantitative estimate of drug-likeness (QED) is 0.751. The molecule has 1 aromatic rings. The van der Waals surface area contributed by atoms with Crippen molar-refractivity contribution < 1.29 is 14.6 Å². The summed E-state index contributed by atoms with van der Waals surface area (Å²) in [6.07, 6.45) is 10.9. The van der Waals surface area contributed by atoms with Crippen molar-refractivity contribution in [1.29, 1.82) is 0 Å². The zero-order valence-corrected chi connectivity index (χ0v) is 18.5. The number of methoxy groups -OCH3 is 1. The maximum absolute atomic E-state index is 10.3. The smallest absolute Gasteiger partial charge is 0.166 e. The molecule has 1 N–H and O–H groups in total. The second-order valence-corrected chi connectivity index (χ2v) is 9.67. The Kier molecular flexibility index (Phi) is 5.55. The molecule has 5 heteroatoms. The van der Waals surface area contributed by atoms with Crippen LogP contribution in [0, 0.1) is 6.92 Å². The summed E-state index contributed by atoms with van der Waals surface area (Å²) in [6, 6.07) is 2.14. The van der Waals surface area contributed by atoms with E-state index in [4.69, 9.17) is 9.47 Å². The number of ether oxygens (including phenoxy) is 2. The van der Waals surface area contributed by atoms with Crippen LogP contribution in [-0.4, -0.2) is 66.9 Å². The molecule has 5 rings (SSSR count). The highest BCUT2D eigenvalue weighted by Crippen LogP contribution is 2.56. The standard InChI is InChI=1S/C25H36N2O3/c1-18-15-21(29-2)24-23-20(18)17-27(13-6-12-26-10-4-3-5-11-26)14-9-25(23)8-7-19(28)16-22(25)30-24/h7-8,15,19,22,28H,3-6,9-14,16-17H2,1-2H3/t19?,22-,25?/m1/s1. The zero-order valence-electron chi connectivity index (χ0n) is 18.5. The summed E-state index contributed by atoms with van der Waals surface area (Å²) < 4.78 is 12.2. The van der Waals surface area contributed by atoms with E-state index in [2.05, 4.69) is 28.9 Å². The van der Waals surface area contributed by atoms with Gasteiger partial charge in [0.25, 0.3) is 0 Å². The summed E-state index contributed by atoms with van der Waals surface area (Å²) in [5, 5.41) is 10.3. The minimum absolute atomic E-state index is 0.00440. The van der Waals surface area contributed by atoms with E-state index in [1.165, 1.54) is 62.0 Å². The summed E-state index contributed by atoms with van der Waals surface area (Å²) in [4.78, 5) is 5.28. The van der Waals surface area contributed by atoms with Crippen molar-refractivity contribution in [2.45, 2.75) is 69.6 Å². The van der Waals surface area contributed by atoms with E-state index in [9.17, 15) is 5.11 Å². The summed E-state index contributed by atoms with van der Waals surface area (Å²) in [7, 11) is 1.73. The molecule has 30 heavy (non-hydrogen) atoms. The first-order chi connectivity index (χ1) is 14.6. The van der Waals surface area contributed by atoms with Crippen molar-refractivity contribution >= 4 is 0 Å². The molecule has 1 fully saturated rings. The Balaban J connectivity index is 1.41. The van der Waals surface area contributed by atoms with Gasteiger partial charge in [0.2, 0.25) is 0 Å². The number of rotatable bonds is 5. The highest BCUT2D eigenvalue weighted by atomic mass is 16.5. The van der Waals surface area contributed by atoms with Gasteiger partial charge in [0.1, 0.15) is 6.10 Å². The van der Waals surface area contributed by atoms with Gasteiger partial charge in [0.15, 0.2) is 11.5 Å². The van der Waals surface area contributed by atoms with Crippen molar-refractivity contribution in [3.63, 3.8) is 0 Å². The molecule has 0 aromatic heterocycles. The van der Waals surface area contributed by atoms with Crippen molar-refractivity contribution in [1.82, 2.24) is 9.80 Å². The fourth-order valence-electron chi connectivity index (χ4n) is 6.12. The van der Waals surface area contributed by atoms with E-state index in [1.807, 2.05) is 6.08 Å². The Morgan fingerprint density at radius 3 is 2.77 bits per heavy atom. The average molecular weight is 413 g/mol. The van der Waals surface area contributed by atoms with Crippen LogP contribution in [-0.2, 0) is 12.0 Å². The van der Waals surface area contributed by atoms with Gasteiger partial charge in [0, 0.05) is 18.5 Å². The lowest BCUT2D eigenvalue weighted by atomic mass is 9.68. The third kappa shape index (κ3) is 3.45. The lowest BCUT2D eigenvalue weighted by Crippen LogP contribution is -2.43. The first-order valence-corrected chi connectivity index (χ1v) is 11.8. The topological polar surface area (TPSA) is 45.2 Å². The van der Waals surface area contributed by atoms with E-state index in [0.717, 1.165) is 37.6 Å². The summed E-state index contributed by atoms with van der Waals surface area (Å²) >= 11 is 0. The fourth-order valence-corrected chi connectivity index (χ4v) is 6.12. The second-order valence-electron chi connectivity index (χ2n) is 9.67. The maximum Gasteiger partial charge on any atom is 0.166 e. The zero-order chi connectivity index (χ0) is 20.7. The Hall–Kier alpha value is -1.56. The van der Waals surface area contributed by atoms with Gasteiger partial charge in [-0.2, -0.15) is 0 Å². The number of hydrogen-bond acceptors (Lipinski definition) is 5. The lowest BCUT2D eigenvalue weighted by molar-refractivity contribution is 0.0807. The molecule has 2 unspecified atom stereocenters. The van der Waals surface area contributed by atoms with Crippen LogP contribution in [0.25, 0.3) is 0 Å². The monoisotopic (exact) mass is 412 g/mol. The fraction of sp³-hybridized carbons (Fsp3) is 0.680. The third-order valence-corrected chi connectivity index (χ3v) is 7.79. The predicted molar refractivity (Wildman–Crippen MR) is 118 cm³/mol. The van der Waals surface area contributed by atoms with Gasteiger partial charge in [-0.25, -0.2) is 0 Å². The number of aryl methyl sites for hydroxylation is 1. The first-order valence-electron chi connectivity index (χ1n) is 11.8. The molecule has 0 saturated carbocycles. The molecule has 1 aromatic carbocycles. The molecular formula is C25H36N2O3. The van der Waals surface area contributed by atoms with Crippen molar-refractivity contribution in [3.05, 3.63) is 34.9 Å². The number of piperidine rings is 1. The van der Waals surface area contributed by atoms with E-state index < -0.39 is 6.10 Å². The molecular weight excluding hydrogens is 376 g/mol. The van der Waals surface area contributed by atoms with Gasteiger partial charge >= 0.3 is 0 Å². The largest absolute Gasteiger partial charge is 0.493 e. The second kappa shape index (κ2) is 8.18. The van der Waals surface area contributed by atoms with Gasteiger partial charge in [-0.3, -0.25) is 4.90 Å². The molecule has 4 aliphatic rings. The number of aliphatic hydroxyl groups excluding tert-OH is 1. The normalized spacial score (nSPS) is 31.0. The van der Waals surface area contributed by atoms with Gasteiger partial charge in [0.05, 0.1) is 18.6 Å². The molecule has 164 valence electrons. The van der Waals surface area contributed by atoms with Crippen LogP contribution in [0.4, 0.5) is 0 Å². The molecule has 1 saturated heterocycles. The van der Waals surface area contributed by atoms with E-state index in [0.29, 0.717) is 6.42 Å². The van der Waals surface area contributed by atoms with Gasteiger partial charge in [-0.05, 0) is 82.5 Å². The van der Waals surface area contributed by atoms with Crippen LogP contribution in [0.15, 0.2) is 18.2 Å². The highest BCUT2D eigenvalue weighted by molar-refractivity contribution is 5.63. The van der Waals surface area contributed by atoms with E-state index >= 15 is 0 Å². The molecule has 1 spiro atoms. The number of aliphatic hydroxyl groups is 1. The molecule has 0 bridgehead atoms. The van der Waals surface area contributed by atoms with Gasteiger partial charge < -0.3 is 19.5 Å². The Bertz CT molecular complexity index is 817. The third-order valence-electron chi connectivity index (χ3n) is 7.79. The Morgan fingerprint density at radius 2 is 1.97 bits per heavy atom. The van der Waals surface area contributed by atoms with Crippen LogP contribution < -0.4 is 9.47 Å². The summed E-state index contributed by atoms with van der Waals surface area (Å²) in [6.45, 7) is 9.17. The van der Waals surface area contributed by atoms with Gasteiger partial charge in [-0.15, -0.1) is 0 Å². The maximum atomic E-state index is 10.3. The van der Waals surface area contributed by atoms with Crippen LogP contribution in [0.3, 0.4) is 0 Å². The van der Waals surface area contributed by atoms with E-state index in [1.54, 1.807) is 7.11 Å². The van der Waals surface area contributed by atoms with Crippen LogP contribution in [0.5, 0.6) is 11.5 Å². The predicted octanol–water partition coefficient (Wildman–Crippen LogP) is 3.40. The minimum atomic E-state index is -0.422. The summed E-state index contributed by atoms with van der Waals surface area (Å²) in [5.74, 6) is 1.75. The molecule has 0 radical (unpaired) electrons. The number of benzene rings is 1. The van der Waals surface area contributed by atoms with E-state index in [-0.39, 0.29) is 11.5 Å². The van der Waals surface area contributed by atoms with Gasteiger partial charge in [-0.1, -0.05) is 18.6 Å². The average Bonchev–Trinajstić information content (AvgIpc) is 2.98. The van der Waals surface area contributed by atoms with Crippen molar-refractivity contribution in [2.24, 2.45) is 0 Å². The lowest BCUT2D eigenvalue weighted by Gasteiger charge is -2.36. The highest BCUT2D eigenvalue weighted by Gasteiger charge is 2.53. The molecule has 0 amide bonds. The van der Waals surface area contributed by atoms with Crippen molar-refractivity contribution in [2.75, 3.05) is 39.8 Å². The first kappa shape index (κ1) is 20.3. The van der Waals surface area contributed by atoms with Crippen molar-refractivity contribution in [3.8, 4) is 11.5 Å². The SMILES string of the molecule is COc1cc(C)c2c3c1O[C@@H]1CC(O)C=CC31CCN(CCCN1CCCCC1)C2. The number of hydrogen-bond donors (Lipinski definition) is 1. The number of nitrogens with zero attached hydrogens (tertiary/aromatic N) is 2. The van der Waals surface area contributed by atoms with Crippen LogP contribution in [0.1, 0.15) is 55.2 Å². The molecule has 1 aliphatic carbocycles. The Labute approximate surface area is 180 Å². The molecule has 3 heterocycles. The molecule has 3 aliphatic heterocycles. The minimum Gasteiger partial charge on any atom is -0.493 e. The van der Waals surface area contributed by atoms with Crippen LogP contribution in [0.2, 0.25) is 0 Å².